The van der Waals surface area contributed by atoms with Gasteiger partial charge in [0.25, 0.3) is 5.56 Å². The van der Waals surface area contributed by atoms with Gasteiger partial charge in [-0.25, -0.2) is 18.9 Å². The van der Waals surface area contributed by atoms with Gasteiger partial charge in [-0.05, 0) is 53.0 Å². The number of aromatic nitrogens is 4. The SMILES string of the molecule is CC1CC(NC(=O)Nc2cc(Cl)c(COc3ccc4nonc4c3)cc2F)Cc2cc(=O)[nH]nc21. The van der Waals surface area contributed by atoms with Crippen molar-refractivity contribution in [3.8, 4) is 5.75 Å². The molecular weight excluding hydrogens is 479 g/mol. The Morgan fingerprint density at radius 3 is 2.94 bits per heavy atom. The van der Waals surface area contributed by atoms with Crippen molar-refractivity contribution in [3.05, 3.63) is 74.4 Å². The second-order valence-corrected chi connectivity index (χ2v) is 8.81. The van der Waals surface area contributed by atoms with Crippen molar-refractivity contribution >= 4 is 34.4 Å². The van der Waals surface area contributed by atoms with E-state index in [0.717, 1.165) is 11.3 Å². The van der Waals surface area contributed by atoms with E-state index in [9.17, 15) is 14.0 Å². The number of hydrogen-bond donors (Lipinski definition) is 3. The van der Waals surface area contributed by atoms with Gasteiger partial charge >= 0.3 is 6.03 Å². The molecule has 0 fully saturated rings. The molecule has 4 aromatic rings. The molecular formula is C23H20ClFN6O4. The lowest BCUT2D eigenvalue weighted by molar-refractivity contribution is 0.246. The van der Waals surface area contributed by atoms with Gasteiger partial charge in [0, 0.05) is 34.7 Å². The first-order chi connectivity index (χ1) is 16.9. The number of nitrogens with one attached hydrogen (secondary N) is 3. The van der Waals surface area contributed by atoms with Crippen molar-refractivity contribution in [2.24, 2.45) is 0 Å². The Kier molecular flexibility index (Phi) is 6.08. The number of rotatable bonds is 5. The first kappa shape index (κ1) is 22.8. The largest absolute Gasteiger partial charge is 0.489 e. The topological polar surface area (TPSA) is 135 Å². The Morgan fingerprint density at radius 2 is 2.09 bits per heavy atom. The van der Waals surface area contributed by atoms with Crippen LogP contribution in [0.15, 0.2) is 45.8 Å². The van der Waals surface area contributed by atoms with Crippen LogP contribution in [-0.4, -0.2) is 32.6 Å². The molecule has 2 amide bonds. The van der Waals surface area contributed by atoms with Crippen molar-refractivity contribution in [1.29, 1.82) is 0 Å². The summed E-state index contributed by atoms with van der Waals surface area (Å²) in [4.78, 5) is 24.1. The molecule has 2 heterocycles. The third-order valence-electron chi connectivity index (χ3n) is 5.83. The number of carbonyl (C=O) groups is 1. The molecule has 0 radical (unpaired) electrons. The zero-order valence-electron chi connectivity index (χ0n) is 18.5. The molecule has 2 aromatic heterocycles. The van der Waals surface area contributed by atoms with Gasteiger partial charge in [0.2, 0.25) is 0 Å². The highest BCUT2D eigenvalue weighted by molar-refractivity contribution is 6.31. The number of benzene rings is 2. The number of ether oxygens (including phenoxy) is 1. The molecule has 35 heavy (non-hydrogen) atoms. The van der Waals surface area contributed by atoms with Crippen LogP contribution in [0.25, 0.3) is 11.0 Å². The number of amides is 2. The van der Waals surface area contributed by atoms with Crippen LogP contribution in [0.1, 0.15) is 36.1 Å². The smallest absolute Gasteiger partial charge is 0.319 e. The number of nitrogens with zero attached hydrogens (tertiary/aromatic N) is 3. The molecule has 0 bridgehead atoms. The number of H-pyrrole nitrogens is 1. The van der Waals surface area contributed by atoms with Gasteiger partial charge in [-0.1, -0.05) is 18.5 Å². The third-order valence-corrected chi connectivity index (χ3v) is 6.18. The molecule has 0 spiro atoms. The molecule has 10 nitrogen and oxygen atoms in total. The average molecular weight is 499 g/mol. The van der Waals surface area contributed by atoms with Crippen LogP contribution in [0.3, 0.4) is 0 Å². The highest BCUT2D eigenvalue weighted by Gasteiger charge is 2.27. The predicted molar refractivity (Wildman–Crippen MR) is 125 cm³/mol. The summed E-state index contributed by atoms with van der Waals surface area (Å²) < 4.78 is 25.1. The van der Waals surface area contributed by atoms with Gasteiger partial charge < -0.3 is 15.4 Å². The number of anilines is 1. The number of fused-ring (bicyclic) bond motifs is 2. The van der Waals surface area contributed by atoms with Crippen molar-refractivity contribution in [2.45, 2.75) is 38.3 Å². The van der Waals surface area contributed by atoms with Gasteiger partial charge in [0.05, 0.1) is 11.4 Å². The molecule has 0 aliphatic heterocycles. The Hall–Kier alpha value is -3.99. The fourth-order valence-corrected chi connectivity index (χ4v) is 4.41. The number of aromatic amines is 1. The lowest BCUT2D eigenvalue weighted by atomic mass is 9.85. The molecule has 12 heteroatoms. The first-order valence-corrected chi connectivity index (χ1v) is 11.2. The zero-order chi connectivity index (χ0) is 24.5. The molecule has 2 aromatic carbocycles. The van der Waals surface area contributed by atoms with E-state index in [1.807, 2.05) is 6.92 Å². The molecule has 0 saturated heterocycles. The fourth-order valence-electron chi connectivity index (χ4n) is 4.19. The summed E-state index contributed by atoms with van der Waals surface area (Å²) in [7, 11) is 0. The molecule has 3 N–H and O–H groups in total. The Labute approximate surface area is 202 Å². The number of urea groups is 1. The quantitative estimate of drug-likeness (QED) is 0.379. The van der Waals surface area contributed by atoms with Crippen molar-refractivity contribution < 1.29 is 18.6 Å². The van der Waals surface area contributed by atoms with E-state index in [1.54, 1.807) is 18.2 Å². The van der Waals surface area contributed by atoms with Crippen molar-refractivity contribution in [3.63, 3.8) is 0 Å². The molecule has 5 rings (SSSR count). The summed E-state index contributed by atoms with van der Waals surface area (Å²) in [5.41, 5.74) is 2.78. The van der Waals surface area contributed by atoms with Crippen molar-refractivity contribution in [2.75, 3.05) is 5.32 Å². The van der Waals surface area contributed by atoms with Crippen LogP contribution >= 0.6 is 11.6 Å². The molecule has 1 aliphatic carbocycles. The number of carbonyl (C=O) groups excluding carboxylic acids is 1. The highest BCUT2D eigenvalue weighted by Crippen LogP contribution is 2.29. The fraction of sp³-hybridized carbons (Fsp3) is 0.261. The Balaban J connectivity index is 1.22. The summed E-state index contributed by atoms with van der Waals surface area (Å²) in [5.74, 6) is -0.114. The van der Waals surface area contributed by atoms with Crippen LogP contribution in [0.5, 0.6) is 5.75 Å². The van der Waals surface area contributed by atoms with E-state index in [-0.39, 0.29) is 34.8 Å². The van der Waals surface area contributed by atoms with Crippen LogP contribution in [0.2, 0.25) is 5.02 Å². The van der Waals surface area contributed by atoms with Gasteiger partial charge in [-0.2, -0.15) is 5.10 Å². The van der Waals surface area contributed by atoms with Gasteiger partial charge in [0.15, 0.2) is 0 Å². The van der Waals surface area contributed by atoms with E-state index < -0.39 is 11.8 Å². The Bertz CT molecular complexity index is 1470. The Morgan fingerprint density at radius 1 is 1.26 bits per heavy atom. The molecule has 0 saturated carbocycles. The molecule has 2 unspecified atom stereocenters. The molecule has 2 atom stereocenters. The van der Waals surface area contributed by atoms with E-state index >= 15 is 0 Å². The summed E-state index contributed by atoms with van der Waals surface area (Å²) in [6.07, 6.45) is 1.09. The van der Waals surface area contributed by atoms with Gasteiger partial charge in [0.1, 0.15) is 29.2 Å². The molecule has 180 valence electrons. The van der Waals surface area contributed by atoms with Gasteiger partial charge in [-0.15, -0.1) is 0 Å². The number of halogens is 2. The second kappa shape index (κ2) is 9.34. The maximum atomic E-state index is 14.7. The van der Waals surface area contributed by atoms with Crippen LogP contribution < -0.4 is 20.9 Å². The van der Waals surface area contributed by atoms with Gasteiger partial charge in [-0.3, -0.25) is 4.79 Å². The lowest BCUT2D eigenvalue weighted by Crippen LogP contribution is -2.42. The minimum atomic E-state index is -0.655. The monoisotopic (exact) mass is 498 g/mol. The summed E-state index contributed by atoms with van der Waals surface area (Å²) in [5, 5.41) is 19.6. The summed E-state index contributed by atoms with van der Waals surface area (Å²) >= 11 is 6.32. The standard InChI is InChI=1S/C23H20ClFN6O4/c1-11-4-14(5-12-7-21(32)28-29-22(11)12)26-23(33)27-19-9-16(24)13(6-17(19)25)10-34-15-2-3-18-20(8-15)31-35-30-18/h2-3,6-9,11,14H,4-5,10H2,1H3,(H,28,32)(H2,26,27,33). The minimum absolute atomic E-state index is 0.00551. The normalized spacial score (nSPS) is 17.1. The van der Waals surface area contributed by atoms with Crippen molar-refractivity contribution in [1.82, 2.24) is 25.8 Å². The highest BCUT2D eigenvalue weighted by atomic mass is 35.5. The molecule has 1 aliphatic rings. The van der Waals surface area contributed by atoms with E-state index in [4.69, 9.17) is 16.3 Å². The predicted octanol–water partition coefficient (Wildman–Crippen LogP) is 3.92. The second-order valence-electron chi connectivity index (χ2n) is 8.41. The minimum Gasteiger partial charge on any atom is -0.489 e. The summed E-state index contributed by atoms with van der Waals surface area (Å²) in [6, 6.07) is 8.26. The zero-order valence-corrected chi connectivity index (χ0v) is 19.2. The van der Waals surface area contributed by atoms with Crippen LogP contribution in [0.4, 0.5) is 14.9 Å². The van der Waals surface area contributed by atoms with E-state index in [1.165, 1.54) is 18.2 Å². The first-order valence-electron chi connectivity index (χ1n) is 10.8. The summed E-state index contributed by atoms with van der Waals surface area (Å²) in [6.45, 7) is 1.97. The maximum Gasteiger partial charge on any atom is 0.319 e. The van der Waals surface area contributed by atoms with Crippen LogP contribution in [0, 0.1) is 5.82 Å². The maximum absolute atomic E-state index is 14.7. The van der Waals surface area contributed by atoms with Crippen LogP contribution in [-0.2, 0) is 13.0 Å². The average Bonchev–Trinajstić information content (AvgIpc) is 3.28. The van der Waals surface area contributed by atoms with E-state index in [0.29, 0.717) is 35.2 Å². The third kappa shape index (κ3) is 4.94. The lowest BCUT2D eigenvalue weighted by Gasteiger charge is -2.28. The van der Waals surface area contributed by atoms with E-state index in [2.05, 4.69) is 35.8 Å². The number of hydrogen-bond acceptors (Lipinski definition) is 7.